The van der Waals surface area contributed by atoms with Crippen LogP contribution in [0.4, 0.5) is 0 Å². The summed E-state index contributed by atoms with van der Waals surface area (Å²) in [4.78, 5) is 34.9. The summed E-state index contributed by atoms with van der Waals surface area (Å²) in [5.74, 6) is -0.966. The largest absolute Gasteiger partial charge is 0.472 e. The molecule has 0 radical (unpaired) electrons. The lowest BCUT2D eigenvalue weighted by molar-refractivity contribution is -0.161. The highest BCUT2D eigenvalue weighted by atomic mass is 31.2. The number of esters is 2. The number of hydrogen-bond acceptors (Lipinski definition) is 9. The highest BCUT2D eigenvalue weighted by Crippen LogP contribution is 2.43. The second-order valence-corrected chi connectivity index (χ2v) is 14.7. The molecule has 10 nitrogen and oxygen atoms in total. The van der Waals surface area contributed by atoms with E-state index in [1.54, 1.807) is 0 Å². The van der Waals surface area contributed by atoms with Crippen LogP contribution >= 0.6 is 7.82 Å². The fourth-order valence-corrected chi connectivity index (χ4v) is 5.83. The van der Waals surface area contributed by atoms with Gasteiger partial charge in [-0.3, -0.25) is 18.6 Å². The van der Waals surface area contributed by atoms with Crippen LogP contribution in [0.1, 0.15) is 155 Å². The summed E-state index contributed by atoms with van der Waals surface area (Å²) in [6.45, 7) is 2.18. The first-order valence-electron chi connectivity index (χ1n) is 20.2. The third-order valence-electron chi connectivity index (χ3n) is 8.16. The molecule has 0 rings (SSSR count). The van der Waals surface area contributed by atoms with Gasteiger partial charge in [0.05, 0.1) is 19.8 Å². The summed E-state index contributed by atoms with van der Waals surface area (Å²) in [5, 5.41) is 18.3. The Bertz CT molecular complexity index is 1070. The van der Waals surface area contributed by atoms with E-state index in [9.17, 15) is 24.2 Å². The molecule has 0 fully saturated rings. The minimum Gasteiger partial charge on any atom is -0.462 e. The summed E-state index contributed by atoms with van der Waals surface area (Å²) in [5.41, 5.74) is 0. The number of phosphoric ester groups is 1. The van der Waals surface area contributed by atoms with Crippen molar-refractivity contribution in [1.29, 1.82) is 0 Å². The van der Waals surface area contributed by atoms with Crippen LogP contribution in [0.3, 0.4) is 0 Å². The first-order valence-corrected chi connectivity index (χ1v) is 21.7. The lowest BCUT2D eigenvalue weighted by atomic mass is 10.1. The Labute approximate surface area is 321 Å². The van der Waals surface area contributed by atoms with Gasteiger partial charge >= 0.3 is 19.8 Å². The van der Waals surface area contributed by atoms with Crippen LogP contribution in [0.15, 0.2) is 60.8 Å². The second kappa shape index (κ2) is 38.0. The maximum Gasteiger partial charge on any atom is 0.472 e. The molecule has 1 unspecified atom stereocenters. The molecule has 0 heterocycles. The van der Waals surface area contributed by atoms with Crippen LogP contribution in [-0.4, -0.2) is 65.7 Å². The number of aliphatic hydroxyl groups excluding tert-OH is 2. The molecule has 0 aromatic heterocycles. The molecule has 0 aliphatic rings. The normalized spacial score (nSPS) is 14.6. The number of phosphoric acid groups is 1. The van der Waals surface area contributed by atoms with Crippen molar-refractivity contribution < 1.29 is 47.8 Å². The van der Waals surface area contributed by atoms with Gasteiger partial charge in [-0.1, -0.05) is 126 Å². The molecule has 11 heteroatoms. The third kappa shape index (κ3) is 37.8. The van der Waals surface area contributed by atoms with Crippen molar-refractivity contribution in [3.63, 3.8) is 0 Å². The average molecular weight is 769 g/mol. The lowest BCUT2D eigenvalue weighted by Gasteiger charge is -2.20. The van der Waals surface area contributed by atoms with E-state index in [4.69, 9.17) is 19.1 Å². The van der Waals surface area contributed by atoms with Crippen molar-refractivity contribution in [3.05, 3.63) is 60.8 Å². The van der Waals surface area contributed by atoms with E-state index < -0.39 is 51.8 Å². The summed E-state index contributed by atoms with van der Waals surface area (Å²) in [7, 11) is -4.62. The minimum absolute atomic E-state index is 0.161. The topological polar surface area (TPSA) is 149 Å². The van der Waals surface area contributed by atoms with Gasteiger partial charge in [0.2, 0.25) is 0 Å². The van der Waals surface area contributed by atoms with Crippen LogP contribution < -0.4 is 0 Å². The number of unbranched alkanes of at least 4 members (excludes halogenated alkanes) is 13. The second-order valence-electron chi connectivity index (χ2n) is 13.3. The zero-order valence-electron chi connectivity index (χ0n) is 33.0. The molecule has 0 aliphatic carbocycles. The molecule has 3 atom stereocenters. The highest BCUT2D eigenvalue weighted by Gasteiger charge is 2.27. The van der Waals surface area contributed by atoms with E-state index in [0.29, 0.717) is 12.8 Å². The highest BCUT2D eigenvalue weighted by molar-refractivity contribution is 7.47. The van der Waals surface area contributed by atoms with Gasteiger partial charge in [0.1, 0.15) is 12.7 Å². The zero-order valence-corrected chi connectivity index (χ0v) is 33.9. The Morgan fingerprint density at radius 3 is 1.57 bits per heavy atom. The van der Waals surface area contributed by atoms with Crippen molar-refractivity contribution in [3.8, 4) is 0 Å². The molecular weight excluding hydrogens is 695 g/mol. The SMILES string of the molecule is CC/C=C\C/C=C\C/C=C\CCCCCCCC(=O)OC[C@H](COP(=O)(O)OC[C@@H](O)CO)OC(=O)CCCCCCC/C=C\C/C=C\CCCCC. The molecule has 3 N–H and O–H groups in total. The van der Waals surface area contributed by atoms with Crippen LogP contribution in [0.25, 0.3) is 0 Å². The first kappa shape index (κ1) is 50.7. The van der Waals surface area contributed by atoms with Gasteiger partial charge in [0.15, 0.2) is 6.10 Å². The monoisotopic (exact) mass is 768 g/mol. The summed E-state index contributed by atoms with van der Waals surface area (Å²) in [6.07, 6.45) is 40.4. The molecule has 0 saturated carbocycles. The summed E-state index contributed by atoms with van der Waals surface area (Å²) < 4.78 is 32.6. The molecular formula is C42H73O10P. The Kier molecular flexibility index (Phi) is 36.3. The van der Waals surface area contributed by atoms with Gasteiger partial charge in [-0.2, -0.15) is 0 Å². The first-order chi connectivity index (χ1) is 25.7. The van der Waals surface area contributed by atoms with Crippen molar-refractivity contribution in [2.24, 2.45) is 0 Å². The molecule has 0 saturated heterocycles. The number of carbonyl (C=O) groups excluding carboxylic acids is 2. The fourth-order valence-electron chi connectivity index (χ4n) is 5.04. The van der Waals surface area contributed by atoms with Crippen molar-refractivity contribution in [2.75, 3.05) is 26.4 Å². The summed E-state index contributed by atoms with van der Waals surface area (Å²) >= 11 is 0. The van der Waals surface area contributed by atoms with Gasteiger partial charge in [-0.25, -0.2) is 4.57 Å². The molecule has 306 valence electrons. The van der Waals surface area contributed by atoms with Crippen LogP contribution in [0, 0.1) is 0 Å². The number of allylic oxidation sites excluding steroid dienone is 10. The molecule has 53 heavy (non-hydrogen) atoms. The quantitative estimate of drug-likeness (QED) is 0.0241. The van der Waals surface area contributed by atoms with Crippen molar-refractivity contribution in [1.82, 2.24) is 0 Å². The maximum atomic E-state index is 12.6. The van der Waals surface area contributed by atoms with E-state index >= 15 is 0 Å². The number of rotatable bonds is 37. The Morgan fingerprint density at radius 1 is 0.585 bits per heavy atom. The average Bonchev–Trinajstić information content (AvgIpc) is 3.14. The number of hydrogen-bond donors (Lipinski definition) is 3. The Hall–Kier alpha value is -2.33. The van der Waals surface area contributed by atoms with Crippen LogP contribution in [-0.2, 0) is 32.7 Å². The van der Waals surface area contributed by atoms with E-state index in [-0.39, 0.29) is 19.4 Å². The smallest absolute Gasteiger partial charge is 0.462 e. The summed E-state index contributed by atoms with van der Waals surface area (Å²) in [6, 6.07) is 0. The van der Waals surface area contributed by atoms with Crippen molar-refractivity contribution in [2.45, 2.75) is 167 Å². The van der Waals surface area contributed by atoms with Gasteiger partial charge in [0.25, 0.3) is 0 Å². The Balaban J connectivity index is 4.40. The van der Waals surface area contributed by atoms with Gasteiger partial charge in [0, 0.05) is 12.8 Å². The zero-order chi connectivity index (χ0) is 39.1. The Morgan fingerprint density at radius 2 is 1.04 bits per heavy atom. The molecule has 0 aliphatic heterocycles. The molecule has 0 aromatic rings. The van der Waals surface area contributed by atoms with Gasteiger partial charge < -0.3 is 24.6 Å². The van der Waals surface area contributed by atoms with E-state index in [2.05, 4.69) is 79.1 Å². The molecule has 0 aromatic carbocycles. The van der Waals surface area contributed by atoms with E-state index in [0.717, 1.165) is 96.3 Å². The molecule has 0 bridgehead atoms. The number of ether oxygens (including phenoxy) is 2. The van der Waals surface area contributed by atoms with Crippen LogP contribution in [0.2, 0.25) is 0 Å². The van der Waals surface area contributed by atoms with Crippen molar-refractivity contribution >= 4 is 19.8 Å². The number of aliphatic hydroxyl groups is 2. The van der Waals surface area contributed by atoms with Gasteiger partial charge in [-0.15, -0.1) is 0 Å². The standard InChI is InChI=1S/C42H73O10P/c1-3-5-7-9-11-13-15-17-19-21-23-25-27-29-31-33-41(45)49-37-40(38-51-53(47,48)50-36-39(44)35-43)52-42(46)34-32-30-28-26-24-22-20-18-16-14-12-10-8-6-4-2/h5,7,11-14,17-20,39-40,43-44H,3-4,6,8-10,15-16,21-38H2,1-2H3,(H,47,48)/b7-5-,13-11-,14-12-,19-17-,20-18-/t39-,40+/m0/s1. The van der Waals surface area contributed by atoms with E-state index in [1.807, 2.05) is 0 Å². The minimum atomic E-state index is -4.62. The number of carbonyl (C=O) groups is 2. The predicted molar refractivity (Wildman–Crippen MR) is 214 cm³/mol. The molecule has 0 spiro atoms. The maximum absolute atomic E-state index is 12.6. The lowest BCUT2D eigenvalue weighted by Crippen LogP contribution is -2.29. The fraction of sp³-hybridized carbons (Fsp3) is 0.714. The van der Waals surface area contributed by atoms with Gasteiger partial charge in [-0.05, 0) is 77.0 Å². The van der Waals surface area contributed by atoms with Crippen LogP contribution in [0.5, 0.6) is 0 Å². The van der Waals surface area contributed by atoms with E-state index in [1.165, 1.54) is 19.3 Å². The third-order valence-corrected chi connectivity index (χ3v) is 9.11. The predicted octanol–water partition coefficient (Wildman–Crippen LogP) is 10.3. The molecule has 0 amide bonds.